The molecule has 4 atom stereocenters. The number of hydrogen-bond acceptors (Lipinski definition) is 9. The van der Waals surface area contributed by atoms with Gasteiger partial charge in [0.2, 0.25) is 5.82 Å². The predicted octanol–water partition coefficient (Wildman–Crippen LogP) is 1.14. The second kappa shape index (κ2) is 6.23. The fourth-order valence-electron chi connectivity index (χ4n) is 3.57. The largest absolute Gasteiger partial charge is 0.368 e. The van der Waals surface area contributed by atoms with Crippen molar-refractivity contribution in [3.05, 3.63) is 12.2 Å². The number of ketones is 1. The van der Waals surface area contributed by atoms with Gasteiger partial charge < -0.3 is 19.5 Å². The first kappa shape index (κ1) is 17.8. The number of anilines is 1. The van der Waals surface area contributed by atoms with Crippen LogP contribution in [0.4, 0.5) is 5.82 Å². The number of Topliss-reactive ketones (excluding diaryl/α,β-unsaturated/α-hetero) is 1. The topological polar surface area (TPSA) is 124 Å². The van der Waals surface area contributed by atoms with Gasteiger partial charge in [-0.05, 0) is 27.7 Å². The minimum atomic E-state index is -0.830. The fraction of sp³-hybridized carbons (Fsp3) is 0.588. The van der Waals surface area contributed by atoms with Crippen LogP contribution in [0.1, 0.15) is 39.7 Å². The Balaban J connectivity index is 1.81. The first-order valence-electron chi connectivity index (χ1n) is 8.74. The summed E-state index contributed by atoms with van der Waals surface area (Å²) in [7, 11) is 0. The van der Waals surface area contributed by atoms with Gasteiger partial charge in [-0.3, -0.25) is 9.36 Å². The van der Waals surface area contributed by atoms with Crippen molar-refractivity contribution in [3.63, 3.8) is 0 Å². The van der Waals surface area contributed by atoms with Gasteiger partial charge in [-0.15, -0.1) is 0 Å². The molecule has 4 heterocycles. The average Bonchev–Trinajstić information content (AvgIpc) is 3.25. The van der Waals surface area contributed by atoms with E-state index in [0.29, 0.717) is 23.5 Å². The number of ether oxygens (including phenoxy) is 3. The summed E-state index contributed by atoms with van der Waals surface area (Å²) in [6.07, 6.45) is -0.878. The Labute approximate surface area is 155 Å². The molecule has 10 heteroatoms. The van der Waals surface area contributed by atoms with E-state index in [2.05, 4.69) is 20.3 Å². The van der Waals surface area contributed by atoms with Crippen molar-refractivity contribution in [2.75, 3.05) is 11.9 Å². The molecule has 2 saturated heterocycles. The van der Waals surface area contributed by atoms with Crippen molar-refractivity contribution in [2.45, 2.75) is 58.0 Å². The predicted molar refractivity (Wildman–Crippen MR) is 92.6 cm³/mol. The van der Waals surface area contributed by atoms with Crippen LogP contribution >= 0.6 is 0 Å². The van der Waals surface area contributed by atoms with Gasteiger partial charge >= 0.3 is 0 Å². The van der Waals surface area contributed by atoms with Gasteiger partial charge in [-0.1, -0.05) is 0 Å². The molecule has 0 unspecified atom stereocenters. The third-order valence-corrected chi connectivity index (χ3v) is 4.57. The molecule has 27 heavy (non-hydrogen) atoms. The lowest BCUT2D eigenvalue weighted by Gasteiger charge is -2.24. The molecule has 0 aromatic carbocycles. The van der Waals surface area contributed by atoms with E-state index in [0.717, 1.165) is 0 Å². The van der Waals surface area contributed by atoms with Crippen LogP contribution in [0, 0.1) is 11.3 Å². The number of carbonyl (C=O) groups is 1. The quantitative estimate of drug-likeness (QED) is 0.841. The molecule has 10 nitrogen and oxygen atoms in total. The van der Waals surface area contributed by atoms with E-state index >= 15 is 0 Å². The Bertz CT molecular complexity index is 949. The van der Waals surface area contributed by atoms with Crippen LogP contribution in [0.5, 0.6) is 0 Å². The minimum Gasteiger partial charge on any atom is -0.368 e. The Kier molecular flexibility index (Phi) is 4.10. The molecule has 0 radical (unpaired) electrons. The maximum Gasteiger partial charge on any atom is 0.236 e. The number of nitrogens with one attached hydrogen (secondary N) is 1. The highest BCUT2D eigenvalue weighted by molar-refractivity contribution is 5.84. The maximum absolute atomic E-state index is 12.1. The number of carbonyl (C=O) groups excluding carboxylic acids is 1. The van der Waals surface area contributed by atoms with Crippen LogP contribution < -0.4 is 5.32 Å². The van der Waals surface area contributed by atoms with Gasteiger partial charge in [-0.25, -0.2) is 4.98 Å². The second-order valence-corrected chi connectivity index (χ2v) is 6.98. The minimum absolute atomic E-state index is 0.0155. The zero-order chi connectivity index (χ0) is 19.3. The van der Waals surface area contributed by atoms with Crippen molar-refractivity contribution < 1.29 is 19.0 Å². The maximum atomic E-state index is 12.1. The molecule has 0 saturated carbocycles. The molecule has 0 amide bonds. The second-order valence-electron chi connectivity index (χ2n) is 6.98. The molecule has 2 fully saturated rings. The highest BCUT2D eigenvalue weighted by atomic mass is 16.8. The Morgan fingerprint density at radius 3 is 2.78 bits per heavy atom. The van der Waals surface area contributed by atoms with Gasteiger partial charge in [0.25, 0.3) is 0 Å². The normalized spacial score (nSPS) is 28.9. The smallest absolute Gasteiger partial charge is 0.236 e. The molecule has 142 valence electrons. The molecule has 0 bridgehead atoms. The van der Waals surface area contributed by atoms with Crippen LogP contribution in [0.3, 0.4) is 0 Å². The standard InChI is InChI=1S/C17H20N6O4/c1-5-19-14-10-15(22-9(6-18)21-14)23(7-20-10)16-13-12(11(25-16)8(2)24)26-17(3,4)27-13/h7,11-13,16H,5H2,1-4H3,(H,19,21,22)/t11-,12-,13-,16-/m1/s1. The van der Waals surface area contributed by atoms with Crippen molar-refractivity contribution in [2.24, 2.45) is 0 Å². The molecule has 2 aliphatic heterocycles. The summed E-state index contributed by atoms with van der Waals surface area (Å²) in [6.45, 7) is 7.59. The average molecular weight is 372 g/mol. The number of aromatic nitrogens is 4. The van der Waals surface area contributed by atoms with Crippen LogP contribution in [0.25, 0.3) is 11.2 Å². The van der Waals surface area contributed by atoms with Gasteiger partial charge in [0.1, 0.15) is 24.4 Å². The molecule has 2 aromatic heterocycles. The van der Waals surface area contributed by atoms with Crippen molar-refractivity contribution >= 4 is 22.8 Å². The molecular weight excluding hydrogens is 352 g/mol. The Morgan fingerprint density at radius 1 is 1.37 bits per heavy atom. The van der Waals surface area contributed by atoms with Crippen LogP contribution in [0.15, 0.2) is 6.33 Å². The molecule has 0 aliphatic carbocycles. The van der Waals surface area contributed by atoms with Gasteiger partial charge in [0, 0.05) is 6.54 Å². The molecule has 2 aliphatic rings. The lowest BCUT2D eigenvalue weighted by atomic mass is 10.1. The lowest BCUT2D eigenvalue weighted by molar-refractivity contribution is -0.196. The van der Waals surface area contributed by atoms with Crippen LogP contribution in [0.2, 0.25) is 0 Å². The van der Waals surface area contributed by atoms with Gasteiger partial charge in [0.15, 0.2) is 34.8 Å². The molecule has 4 rings (SSSR count). The third kappa shape index (κ3) is 2.84. The Hall–Kier alpha value is -2.61. The van der Waals surface area contributed by atoms with E-state index in [9.17, 15) is 10.1 Å². The molecular formula is C17H20N6O4. The molecule has 1 N–H and O–H groups in total. The summed E-state index contributed by atoms with van der Waals surface area (Å²) in [4.78, 5) is 24.9. The third-order valence-electron chi connectivity index (χ3n) is 4.57. The first-order valence-corrected chi connectivity index (χ1v) is 8.74. The van der Waals surface area contributed by atoms with Crippen molar-refractivity contribution in [1.29, 1.82) is 5.26 Å². The highest BCUT2D eigenvalue weighted by Gasteiger charge is 2.57. The number of rotatable bonds is 4. The van der Waals surface area contributed by atoms with E-state index in [-0.39, 0.29) is 11.6 Å². The van der Waals surface area contributed by atoms with E-state index in [4.69, 9.17) is 14.2 Å². The van der Waals surface area contributed by atoms with E-state index in [1.807, 2.05) is 13.0 Å². The summed E-state index contributed by atoms with van der Waals surface area (Å²) < 4.78 is 19.5. The zero-order valence-corrected chi connectivity index (χ0v) is 15.5. The van der Waals surface area contributed by atoms with E-state index < -0.39 is 30.3 Å². The van der Waals surface area contributed by atoms with Gasteiger partial charge in [0.05, 0.1) is 6.33 Å². The SMILES string of the molecule is CCNc1nc(C#N)nc2c1ncn2[C@@H]1O[C@H](C(C)=O)[C@H]2OC(C)(C)O[C@H]21. The van der Waals surface area contributed by atoms with Crippen molar-refractivity contribution in [1.82, 2.24) is 19.5 Å². The molecule has 0 spiro atoms. The summed E-state index contributed by atoms with van der Waals surface area (Å²) >= 11 is 0. The van der Waals surface area contributed by atoms with Crippen LogP contribution in [-0.2, 0) is 19.0 Å². The number of nitriles is 1. The zero-order valence-electron chi connectivity index (χ0n) is 15.5. The summed E-state index contributed by atoms with van der Waals surface area (Å²) in [5.41, 5.74) is 0.944. The van der Waals surface area contributed by atoms with Crippen molar-refractivity contribution in [3.8, 4) is 6.07 Å². The summed E-state index contributed by atoms with van der Waals surface area (Å²) in [5, 5.41) is 12.4. The monoisotopic (exact) mass is 372 g/mol. The number of imidazole rings is 1. The van der Waals surface area contributed by atoms with Crippen LogP contribution in [-0.4, -0.2) is 55.9 Å². The number of hydrogen-bond donors (Lipinski definition) is 1. The number of fused-ring (bicyclic) bond motifs is 2. The highest BCUT2D eigenvalue weighted by Crippen LogP contribution is 2.44. The van der Waals surface area contributed by atoms with Gasteiger partial charge in [-0.2, -0.15) is 15.2 Å². The van der Waals surface area contributed by atoms with E-state index in [1.165, 1.54) is 6.92 Å². The number of nitrogens with zero attached hydrogens (tertiary/aromatic N) is 5. The van der Waals surface area contributed by atoms with E-state index in [1.54, 1.807) is 24.7 Å². The summed E-state index contributed by atoms with van der Waals surface area (Å²) in [6, 6.07) is 1.96. The Morgan fingerprint density at radius 2 is 2.11 bits per heavy atom. The molecule has 2 aromatic rings. The lowest BCUT2D eigenvalue weighted by Crippen LogP contribution is -2.34. The first-order chi connectivity index (χ1) is 12.8. The summed E-state index contributed by atoms with van der Waals surface area (Å²) in [5.74, 6) is -0.483. The fourth-order valence-corrected chi connectivity index (χ4v) is 3.57.